The van der Waals surface area contributed by atoms with Gasteiger partial charge in [-0.25, -0.2) is 8.42 Å². The number of aryl methyl sites for hydroxylation is 1. The zero-order chi connectivity index (χ0) is 14.8. The lowest BCUT2D eigenvalue weighted by molar-refractivity contribution is -0.134. The van der Waals surface area contributed by atoms with Gasteiger partial charge in [-0.05, 0) is 14.0 Å². The Morgan fingerprint density at radius 3 is 2.47 bits per heavy atom. The van der Waals surface area contributed by atoms with Crippen LogP contribution in [0.1, 0.15) is 11.5 Å². The first-order chi connectivity index (χ1) is 8.58. The molecule has 0 fully saturated rings. The van der Waals surface area contributed by atoms with E-state index < -0.39 is 22.7 Å². The zero-order valence-corrected chi connectivity index (χ0v) is 11.5. The maximum absolute atomic E-state index is 12.2. The number of hydrogen-bond acceptors (Lipinski definition) is 4. The number of hydrogen-bond donors (Lipinski definition) is 1. The molecule has 1 aromatic rings. The highest BCUT2D eigenvalue weighted by Gasteiger charge is 2.36. The van der Waals surface area contributed by atoms with Crippen LogP contribution in [0.3, 0.4) is 0 Å². The third-order valence-electron chi connectivity index (χ3n) is 2.36. The molecule has 0 aliphatic rings. The third kappa shape index (κ3) is 3.95. The van der Waals surface area contributed by atoms with Gasteiger partial charge >= 0.3 is 6.18 Å². The second kappa shape index (κ2) is 5.51. The minimum atomic E-state index is -4.59. The fourth-order valence-corrected chi connectivity index (χ4v) is 2.88. The molecule has 0 amide bonds. The van der Waals surface area contributed by atoms with Crippen LogP contribution in [0.4, 0.5) is 13.2 Å². The number of nitrogens with zero attached hydrogens (tertiary/aromatic N) is 1. The van der Waals surface area contributed by atoms with Gasteiger partial charge in [-0.2, -0.15) is 17.5 Å². The molecule has 0 radical (unpaired) electrons. The van der Waals surface area contributed by atoms with Crippen molar-refractivity contribution in [2.75, 3.05) is 20.6 Å². The number of sulfonamides is 1. The second-order valence-electron chi connectivity index (χ2n) is 4.04. The van der Waals surface area contributed by atoms with E-state index in [2.05, 4.69) is 5.32 Å². The van der Waals surface area contributed by atoms with E-state index >= 15 is 0 Å². The summed E-state index contributed by atoms with van der Waals surface area (Å²) >= 11 is 0. The molecule has 0 aromatic carbocycles. The predicted molar refractivity (Wildman–Crippen MR) is 62.1 cm³/mol. The van der Waals surface area contributed by atoms with Gasteiger partial charge in [-0.3, -0.25) is 0 Å². The van der Waals surface area contributed by atoms with Crippen LogP contribution in [0.5, 0.6) is 0 Å². The van der Waals surface area contributed by atoms with Gasteiger partial charge in [0.15, 0.2) is 0 Å². The van der Waals surface area contributed by atoms with Crippen molar-refractivity contribution in [2.24, 2.45) is 0 Å². The Morgan fingerprint density at radius 2 is 2.00 bits per heavy atom. The molecule has 1 aromatic heterocycles. The first-order valence-corrected chi connectivity index (χ1v) is 6.79. The number of nitrogens with one attached hydrogen (secondary N) is 1. The van der Waals surface area contributed by atoms with Crippen molar-refractivity contribution >= 4 is 10.0 Å². The van der Waals surface area contributed by atoms with Gasteiger partial charge in [0.1, 0.15) is 23.0 Å². The molecule has 110 valence electrons. The summed E-state index contributed by atoms with van der Waals surface area (Å²) in [7, 11) is -1.69. The standard InChI is InChI=1S/C10H15F3N2O3S/c1-7-9(4-8(18-7)5-14-2)19(16,17)15(3)6-10(11,12)13/h4,14H,5-6H2,1-3H3. The minimum Gasteiger partial charge on any atom is -0.464 e. The van der Waals surface area contributed by atoms with Gasteiger partial charge in [-0.1, -0.05) is 0 Å². The summed E-state index contributed by atoms with van der Waals surface area (Å²) in [5, 5.41) is 2.76. The van der Waals surface area contributed by atoms with Crippen LogP contribution in [-0.4, -0.2) is 39.5 Å². The fourth-order valence-electron chi connectivity index (χ4n) is 1.55. The van der Waals surface area contributed by atoms with E-state index in [0.717, 1.165) is 7.05 Å². The summed E-state index contributed by atoms with van der Waals surface area (Å²) in [5.41, 5.74) is 0. The molecule has 0 atom stereocenters. The molecule has 1 heterocycles. The number of halogens is 3. The largest absolute Gasteiger partial charge is 0.464 e. The van der Waals surface area contributed by atoms with E-state index in [4.69, 9.17) is 4.42 Å². The molecule has 9 heteroatoms. The van der Waals surface area contributed by atoms with Crippen molar-refractivity contribution in [3.8, 4) is 0 Å². The Labute approximate surface area is 109 Å². The summed E-state index contributed by atoms with van der Waals surface area (Å²) < 4.78 is 66.1. The van der Waals surface area contributed by atoms with Crippen LogP contribution >= 0.6 is 0 Å². The molecule has 5 nitrogen and oxygen atoms in total. The highest BCUT2D eigenvalue weighted by Crippen LogP contribution is 2.25. The summed E-state index contributed by atoms with van der Waals surface area (Å²) in [6.07, 6.45) is -4.59. The van der Waals surface area contributed by atoms with E-state index in [1.165, 1.54) is 13.0 Å². The molecular formula is C10H15F3N2O3S. The van der Waals surface area contributed by atoms with Gasteiger partial charge in [-0.15, -0.1) is 0 Å². The molecule has 0 saturated carbocycles. The second-order valence-corrected chi connectivity index (χ2v) is 6.05. The van der Waals surface area contributed by atoms with Crippen molar-refractivity contribution in [2.45, 2.75) is 24.5 Å². The Hall–Kier alpha value is -1.06. The smallest absolute Gasteiger partial charge is 0.402 e. The van der Waals surface area contributed by atoms with Crippen molar-refractivity contribution in [1.82, 2.24) is 9.62 Å². The Bertz CT molecular complexity index is 537. The van der Waals surface area contributed by atoms with Crippen LogP contribution in [0, 0.1) is 6.92 Å². The molecule has 0 spiro atoms. The van der Waals surface area contributed by atoms with Crippen LogP contribution in [0.25, 0.3) is 0 Å². The maximum atomic E-state index is 12.2. The van der Waals surface area contributed by atoms with Gasteiger partial charge < -0.3 is 9.73 Å². The lowest BCUT2D eigenvalue weighted by atomic mass is 10.4. The van der Waals surface area contributed by atoms with Crippen molar-refractivity contribution in [1.29, 1.82) is 0 Å². The summed E-state index contributed by atoms with van der Waals surface area (Å²) in [6, 6.07) is 1.23. The zero-order valence-electron chi connectivity index (χ0n) is 10.7. The average molecular weight is 300 g/mol. The van der Waals surface area contributed by atoms with Crippen molar-refractivity contribution in [3.05, 3.63) is 17.6 Å². The summed E-state index contributed by atoms with van der Waals surface area (Å²) in [6.45, 7) is 0.147. The molecule has 0 unspecified atom stereocenters. The molecule has 0 aliphatic carbocycles. The van der Waals surface area contributed by atoms with E-state index in [9.17, 15) is 21.6 Å². The van der Waals surface area contributed by atoms with Crippen LogP contribution < -0.4 is 5.32 Å². The van der Waals surface area contributed by atoms with E-state index in [1.807, 2.05) is 0 Å². The molecule has 1 N–H and O–H groups in total. The molecule has 1 rings (SSSR count). The van der Waals surface area contributed by atoms with Crippen molar-refractivity contribution < 1.29 is 26.0 Å². The summed E-state index contributed by atoms with van der Waals surface area (Å²) in [4.78, 5) is -0.246. The number of alkyl halides is 3. The van der Waals surface area contributed by atoms with Gasteiger partial charge in [0.2, 0.25) is 10.0 Å². The van der Waals surface area contributed by atoms with Gasteiger partial charge in [0, 0.05) is 13.1 Å². The van der Waals surface area contributed by atoms with Crippen LogP contribution in [-0.2, 0) is 16.6 Å². The number of rotatable bonds is 5. The normalized spacial score (nSPS) is 13.2. The minimum absolute atomic E-state index is 0.0688. The average Bonchev–Trinajstić information content (AvgIpc) is 2.58. The Balaban J connectivity index is 3.06. The molecule has 0 saturated heterocycles. The Kier molecular flexibility index (Phi) is 4.64. The summed E-state index contributed by atoms with van der Waals surface area (Å²) in [5.74, 6) is 0.415. The van der Waals surface area contributed by atoms with Crippen LogP contribution in [0.15, 0.2) is 15.4 Å². The lowest BCUT2D eigenvalue weighted by Gasteiger charge is -2.18. The quantitative estimate of drug-likeness (QED) is 0.895. The number of furan rings is 1. The molecular weight excluding hydrogens is 285 g/mol. The topological polar surface area (TPSA) is 62.6 Å². The maximum Gasteiger partial charge on any atom is 0.402 e. The SMILES string of the molecule is CNCc1cc(S(=O)(=O)N(C)CC(F)(F)F)c(C)o1. The molecule has 0 bridgehead atoms. The van der Waals surface area contributed by atoms with Crippen LogP contribution in [0.2, 0.25) is 0 Å². The Morgan fingerprint density at radius 1 is 1.42 bits per heavy atom. The van der Waals surface area contributed by atoms with Gasteiger partial charge in [0.05, 0.1) is 6.54 Å². The monoisotopic (exact) mass is 300 g/mol. The predicted octanol–water partition coefficient (Wildman–Crippen LogP) is 1.49. The molecule has 19 heavy (non-hydrogen) atoms. The lowest BCUT2D eigenvalue weighted by Crippen LogP contribution is -2.35. The molecule has 0 aliphatic heterocycles. The van der Waals surface area contributed by atoms with E-state index in [1.54, 1.807) is 7.05 Å². The first kappa shape index (κ1) is 16.0. The van der Waals surface area contributed by atoms with Crippen molar-refractivity contribution in [3.63, 3.8) is 0 Å². The highest BCUT2D eigenvalue weighted by atomic mass is 32.2. The van der Waals surface area contributed by atoms with E-state index in [0.29, 0.717) is 12.3 Å². The fraction of sp³-hybridized carbons (Fsp3) is 0.600. The van der Waals surface area contributed by atoms with E-state index in [-0.39, 0.29) is 15.0 Å². The first-order valence-electron chi connectivity index (χ1n) is 5.35. The highest BCUT2D eigenvalue weighted by molar-refractivity contribution is 7.89. The third-order valence-corrected chi connectivity index (χ3v) is 4.28. The van der Waals surface area contributed by atoms with Gasteiger partial charge in [0.25, 0.3) is 0 Å².